The number of benzene rings is 11. The highest BCUT2D eigenvalue weighted by Gasteiger charge is 2.21. The first-order valence-corrected chi connectivity index (χ1v) is 22.0. The Kier molecular flexibility index (Phi) is 9.20. The monoisotopic (exact) mass is 814 g/mol. The van der Waals surface area contributed by atoms with Gasteiger partial charge in [0, 0.05) is 33.4 Å². The summed E-state index contributed by atoms with van der Waals surface area (Å²) in [5.74, 6) is 0. The number of nitrogens with zero attached hydrogens (tertiary/aromatic N) is 2. The van der Waals surface area contributed by atoms with E-state index in [1.54, 1.807) is 0 Å². The first kappa shape index (κ1) is 37.3. The highest BCUT2D eigenvalue weighted by atomic mass is 15.1. The summed E-state index contributed by atoms with van der Waals surface area (Å²) in [5.41, 5.74) is 16.1. The molecule has 2 nitrogen and oxygen atoms in total. The van der Waals surface area contributed by atoms with Crippen LogP contribution in [0, 0.1) is 0 Å². The zero-order chi connectivity index (χ0) is 42.4. The Morgan fingerprint density at radius 1 is 0.266 bits per heavy atom. The fourth-order valence-corrected chi connectivity index (χ4v) is 9.79. The maximum absolute atomic E-state index is 2.44. The zero-order valence-electron chi connectivity index (χ0n) is 35.1. The molecule has 12 aromatic rings. The molecule has 0 N–H and O–H groups in total. The molecule has 0 fully saturated rings. The molecule has 2 heteroatoms. The lowest BCUT2D eigenvalue weighted by atomic mass is 9.95. The molecule has 1 heterocycles. The van der Waals surface area contributed by atoms with Gasteiger partial charge >= 0.3 is 0 Å². The van der Waals surface area contributed by atoms with Crippen molar-refractivity contribution in [1.29, 1.82) is 0 Å². The van der Waals surface area contributed by atoms with Crippen LogP contribution in [-0.4, -0.2) is 4.57 Å². The molecule has 0 aliphatic rings. The van der Waals surface area contributed by atoms with Gasteiger partial charge in [-0.15, -0.1) is 0 Å². The molecule has 1 aromatic heterocycles. The van der Waals surface area contributed by atoms with Crippen LogP contribution in [0.1, 0.15) is 0 Å². The van der Waals surface area contributed by atoms with Gasteiger partial charge in [0.2, 0.25) is 0 Å². The average Bonchev–Trinajstić information content (AvgIpc) is 3.71. The molecule has 300 valence electrons. The molecule has 11 aromatic carbocycles. The van der Waals surface area contributed by atoms with E-state index in [2.05, 4.69) is 264 Å². The van der Waals surface area contributed by atoms with Crippen LogP contribution in [-0.2, 0) is 0 Å². The van der Waals surface area contributed by atoms with Gasteiger partial charge in [-0.1, -0.05) is 194 Å². The number of aromatic nitrogens is 1. The van der Waals surface area contributed by atoms with Gasteiger partial charge in [-0.25, -0.2) is 0 Å². The molecule has 0 aliphatic heterocycles. The van der Waals surface area contributed by atoms with E-state index in [0.29, 0.717) is 0 Å². The van der Waals surface area contributed by atoms with Gasteiger partial charge in [0.1, 0.15) is 0 Å². The van der Waals surface area contributed by atoms with Crippen molar-refractivity contribution in [3.63, 3.8) is 0 Å². The van der Waals surface area contributed by atoms with E-state index in [9.17, 15) is 0 Å². The van der Waals surface area contributed by atoms with E-state index in [1.165, 1.54) is 71.2 Å². The van der Waals surface area contributed by atoms with Gasteiger partial charge in [0.25, 0.3) is 0 Å². The van der Waals surface area contributed by atoms with E-state index < -0.39 is 0 Å². The Morgan fingerprint density at radius 2 is 0.766 bits per heavy atom. The van der Waals surface area contributed by atoms with Crippen molar-refractivity contribution >= 4 is 60.4 Å². The minimum Gasteiger partial charge on any atom is -0.310 e. The van der Waals surface area contributed by atoms with E-state index in [1.807, 2.05) is 0 Å². The summed E-state index contributed by atoms with van der Waals surface area (Å²) in [6.45, 7) is 0. The van der Waals surface area contributed by atoms with Crippen molar-refractivity contribution in [3.8, 4) is 50.2 Å². The summed E-state index contributed by atoms with van der Waals surface area (Å²) < 4.78 is 2.43. The van der Waals surface area contributed by atoms with Crippen LogP contribution >= 0.6 is 0 Å². The van der Waals surface area contributed by atoms with Crippen LogP contribution in [0.25, 0.3) is 93.5 Å². The van der Waals surface area contributed by atoms with Crippen molar-refractivity contribution in [2.24, 2.45) is 0 Å². The first-order chi connectivity index (χ1) is 31.7. The lowest BCUT2D eigenvalue weighted by Gasteiger charge is -2.29. The summed E-state index contributed by atoms with van der Waals surface area (Å²) in [6, 6.07) is 92.9. The molecular formula is C62H42N2. The van der Waals surface area contributed by atoms with Crippen LogP contribution in [0.15, 0.2) is 255 Å². The number of hydrogen-bond acceptors (Lipinski definition) is 1. The SMILES string of the molecule is c1ccc(-c2cc(-c3ccccc3N(c3ccc(-c4cccc5ccccc45)cc3)c3cccc(-c4cccc5ccccc45)c3)cc(-n3c4ccccc4c4ccccc43)c2)cc1. The van der Waals surface area contributed by atoms with E-state index in [4.69, 9.17) is 0 Å². The number of fused-ring (bicyclic) bond motifs is 5. The topological polar surface area (TPSA) is 8.17 Å². The summed E-state index contributed by atoms with van der Waals surface area (Å²) in [4.78, 5) is 2.44. The van der Waals surface area contributed by atoms with Crippen molar-refractivity contribution in [1.82, 2.24) is 4.57 Å². The average molecular weight is 815 g/mol. The van der Waals surface area contributed by atoms with Gasteiger partial charge in [-0.3, -0.25) is 0 Å². The van der Waals surface area contributed by atoms with Gasteiger partial charge < -0.3 is 9.47 Å². The predicted octanol–water partition coefficient (Wildman–Crippen LogP) is 17.2. The Hall–Kier alpha value is -8.46. The Bertz CT molecular complexity index is 3610. The van der Waals surface area contributed by atoms with E-state index >= 15 is 0 Å². The molecule has 0 radical (unpaired) electrons. The number of rotatable bonds is 8. The number of para-hydroxylation sites is 3. The summed E-state index contributed by atoms with van der Waals surface area (Å²) in [5, 5.41) is 7.45. The molecule has 0 saturated carbocycles. The third kappa shape index (κ3) is 6.52. The van der Waals surface area contributed by atoms with Crippen LogP contribution < -0.4 is 4.90 Å². The Labute approximate surface area is 373 Å². The second kappa shape index (κ2) is 15.8. The summed E-state index contributed by atoms with van der Waals surface area (Å²) in [7, 11) is 0. The molecule has 0 unspecified atom stereocenters. The van der Waals surface area contributed by atoms with Crippen LogP contribution in [0.3, 0.4) is 0 Å². The molecule has 0 bridgehead atoms. The normalized spacial score (nSPS) is 11.4. The smallest absolute Gasteiger partial charge is 0.0541 e. The lowest BCUT2D eigenvalue weighted by Crippen LogP contribution is -2.11. The summed E-state index contributed by atoms with van der Waals surface area (Å²) in [6.07, 6.45) is 0. The third-order valence-electron chi connectivity index (χ3n) is 12.8. The molecule has 0 atom stereocenters. The van der Waals surface area contributed by atoms with Gasteiger partial charge in [0.15, 0.2) is 0 Å². The Morgan fingerprint density at radius 3 is 1.45 bits per heavy atom. The first-order valence-electron chi connectivity index (χ1n) is 22.0. The fourth-order valence-electron chi connectivity index (χ4n) is 9.79. The molecule has 0 aliphatic carbocycles. The molecular weight excluding hydrogens is 773 g/mol. The molecule has 0 saturated heterocycles. The maximum atomic E-state index is 2.44. The van der Waals surface area contributed by atoms with Gasteiger partial charge in [0.05, 0.1) is 16.7 Å². The Balaban J connectivity index is 1.08. The van der Waals surface area contributed by atoms with Crippen molar-refractivity contribution < 1.29 is 0 Å². The predicted molar refractivity (Wildman–Crippen MR) is 272 cm³/mol. The van der Waals surface area contributed by atoms with Crippen molar-refractivity contribution in [3.05, 3.63) is 255 Å². The lowest BCUT2D eigenvalue weighted by molar-refractivity contribution is 1.18. The molecule has 12 rings (SSSR count). The van der Waals surface area contributed by atoms with E-state index in [-0.39, 0.29) is 0 Å². The minimum atomic E-state index is 1.08. The zero-order valence-corrected chi connectivity index (χ0v) is 35.1. The second-order valence-electron chi connectivity index (χ2n) is 16.5. The summed E-state index contributed by atoms with van der Waals surface area (Å²) >= 11 is 0. The van der Waals surface area contributed by atoms with Crippen LogP contribution in [0.4, 0.5) is 17.1 Å². The van der Waals surface area contributed by atoms with Gasteiger partial charge in [-0.2, -0.15) is 0 Å². The number of hydrogen-bond donors (Lipinski definition) is 0. The third-order valence-corrected chi connectivity index (χ3v) is 12.8. The molecule has 0 spiro atoms. The maximum Gasteiger partial charge on any atom is 0.0541 e. The van der Waals surface area contributed by atoms with Crippen LogP contribution in [0.5, 0.6) is 0 Å². The van der Waals surface area contributed by atoms with Crippen molar-refractivity contribution in [2.45, 2.75) is 0 Å². The number of anilines is 3. The van der Waals surface area contributed by atoms with Crippen molar-refractivity contribution in [2.75, 3.05) is 4.90 Å². The molecule has 0 amide bonds. The highest BCUT2D eigenvalue weighted by Crippen LogP contribution is 2.45. The highest BCUT2D eigenvalue weighted by molar-refractivity contribution is 6.09. The minimum absolute atomic E-state index is 1.08. The largest absolute Gasteiger partial charge is 0.310 e. The molecule has 64 heavy (non-hydrogen) atoms. The quantitative estimate of drug-likeness (QED) is 0.148. The van der Waals surface area contributed by atoms with Crippen LogP contribution in [0.2, 0.25) is 0 Å². The van der Waals surface area contributed by atoms with E-state index in [0.717, 1.165) is 39.4 Å². The second-order valence-corrected chi connectivity index (χ2v) is 16.5. The standard InChI is InChI=1S/C62H42N2/c1-2-17-43(18-3-1)48-39-49(42-52(41-48)64-61-33-12-9-28-58(61)59-29-10-13-34-62(59)64)57-27-8-11-32-60(57)63(50-37-35-46(36-38-50)55-30-15-21-44-19-4-6-25-53(44)55)51-24-14-23-47(40-51)56-31-16-22-45-20-5-7-26-54(45)56/h1-42H. The van der Waals surface area contributed by atoms with Gasteiger partial charge in [-0.05, 0) is 121 Å². The fraction of sp³-hybridized carbons (Fsp3) is 0.